The zero-order valence-corrected chi connectivity index (χ0v) is 16.7. The van der Waals surface area contributed by atoms with E-state index in [1.165, 1.54) is 0 Å². The highest BCUT2D eigenvalue weighted by atomic mass is 32.2. The third kappa shape index (κ3) is 3.15. The molecule has 0 aliphatic heterocycles. The van der Waals surface area contributed by atoms with Gasteiger partial charge in [0.2, 0.25) is 0 Å². The van der Waals surface area contributed by atoms with Gasteiger partial charge in [-0.25, -0.2) is 8.42 Å². The van der Waals surface area contributed by atoms with Crippen molar-refractivity contribution in [2.24, 2.45) is 5.73 Å². The molecule has 1 heterocycles. The monoisotopic (exact) mass is 393 g/mol. The molecule has 0 aliphatic rings. The van der Waals surface area contributed by atoms with E-state index >= 15 is 0 Å². The first-order chi connectivity index (χ1) is 13.3. The van der Waals surface area contributed by atoms with E-state index in [0.717, 1.165) is 16.3 Å². The van der Waals surface area contributed by atoms with Crippen LogP contribution in [0.15, 0.2) is 77.8 Å². The van der Waals surface area contributed by atoms with Crippen LogP contribution in [-0.2, 0) is 15.6 Å². The Bertz CT molecular complexity index is 1270. The van der Waals surface area contributed by atoms with Crippen molar-refractivity contribution in [3.05, 3.63) is 72.9 Å². The molecule has 1 aromatic heterocycles. The summed E-state index contributed by atoms with van der Waals surface area (Å²) in [6, 6.07) is 20.3. The lowest BCUT2D eigenvalue weighted by molar-refractivity contribution is 0.379. The van der Waals surface area contributed by atoms with E-state index in [1.807, 2.05) is 54.7 Å². The van der Waals surface area contributed by atoms with E-state index in [2.05, 4.69) is 23.1 Å². The van der Waals surface area contributed by atoms with Crippen LogP contribution < -0.4 is 10.5 Å². The van der Waals surface area contributed by atoms with E-state index < -0.39 is 10.0 Å². The Balaban J connectivity index is 1.73. The first-order valence-corrected chi connectivity index (χ1v) is 10.6. The molecule has 3 N–H and O–H groups in total. The molecule has 0 atom stereocenters. The molecule has 6 heteroatoms. The predicted octanol–water partition coefficient (Wildman–Crippen LogP) is 4.29. The van der Waals surface area contributed by atoms with E-state index in [1.54, 1.807) is 18.2 Å². The maximum Gasteiger partial charge on any atom is 0.262 e. The molecule has 4 rings (SSSR count). The Morgan fingerprint density at radius 1 is 0.964 bits per heavy atom. The van der Waals surface area contributed by atoms with Crippen LogP contribution in [0.5, 0.6) is 0 Å². The van der Waals surface area contributed by atoms with Gasteiger partial charge in [-0.15, -0.1) is 0 Å². The maximum absolute atomic E-state index is 13.0. The average Bonchev–Trinajstić information content (AvgIpc) is 3.11. The zero-order valence-electron chi connectivity index (χ0n) is 15.9. The number of nitrogens with one attached hydrogen (secondary N) is 1. The van der Waals surface area contributed by atoms with Gasteiger partial charge in [-0.3, -0.25) is 4.72 Å². The lowest BCUT2D eigenvalue weighted by Gasteiger charge is -2.26. The van der Waals surface area contributed by atoms with Gasteiger partial charge < -0.3 is 10.3 Å². The minimum absolute atomic E-state index is 0.217. The van der Waals surface area contributed by atoms with Crippen molar-refractivity contribution in [1.29, 1.82) is 0 Å². The highest BCUT2D eigenvalue weighted by molar-refractivity contribution is 7.93. The van der Waals surface area contributed by atoms with E-state index in [-0.39, 0.29) is 10.4 Å². The minimum Gasteiger partial charge on any atom is -0.341 e. The van der Waals surface area contributed by atoms with Crippen LogP contribution in [0.4, 0.5) is 5.69 Å². The summed E-state index contributed by atoms with van der Waals surface area (Å²) in [6.45, 7) is 4.65. The molecule has 5 nitrogen and oxygen atoms in total. The van der Waals surface area contributed by atoms with Crippen molar-refractivity contribution in [1.82, 2.24) is 4.57 Å². The van der Waals surface area contributed by atoms with Gasteiger partial charge in [0.1, 0.15) is 0 Å². The van der Waals surface area contributed by atoms with Crippen molar-refractivity contribution in [2.75, 3.05) is 11.3 Å². The summed E-state index contributed by atoms with van der Waals surface area (Å²) in [7, 11) is -3.71. The topological polar surface area (TPSA) is 77.1 Å². The van der Waals surface area contributed by atoms with Crippen LogP contribution in [0.2, 0.25) is 0 Å². The zero-order chi connectivity index (χ0) is 19.9. The smallest absolute Gasteiger partial charge is 0.262 e. The number of nitrogens with two attached hydrogens (primary N) is 1. The second-order valence-electron chi connectivity index (χ2n) is 7.56. The normalized spacial score (nSPS) is 12.5. The van der Waals surface area contributed by atoms with Crippen LogP contribution in [0.3, 0.4) is 0 Å². The number of hydrogen-bond donors (Lipinski definition) is 2. The van der Waals surface area contributed by atoms with Crippen LogP contribution >= 0.6 is 0 Å². The summed E-state index contributed by atoms with van der Waals surface area (Å²) in [6.07, 6.45) is 1.99. The molecule has 0 unspecified atom stereocenters. The molecule has 0 bridgehead atoms. The molecular weight excluding hydrogens is 370 g/mol. The van der Waals surface area contributed by atoms with Crippen LogP contribution in [0.1, 0.15) is 13.8 Å². The fraction of sp³-hybridized carbons (Fsp3) is 0.182. The summed E-state index contributed by atoms with van der Waals surface area (Å²) in [5, 5.41) is 2.55. The highest BCUT2D eigenvalue weighted by Crippen LogP contribution is 2.28. The standard InChI is InChI=1S/C22H23N3O2S/c1-22(2,15-23)25-13-12-17-14-18(10-11-20(17)25)24-28(26,27)21-9-5-7-16-6-3-4-8-19(16)21/h3-14,24H,15,23H2,1-2H3. The van der Waals surface area contributed by atoms with Crippen molar-refractivity contribution in [3.63, 3.8) is 0 Å². The number of nitrogens with zero attached hydrogens (tertiary/aromatic N) is 1. The summed E-state index contributed by atoms with van der Waals surface area (Å²) in [5.74, 6) is 0. The van der Waals surface area contributed by atoms with Gasteiger partial charge in [-0.1, -0.05) is 36.4 Å². The molecule has 3 aromatic carbocycles. The molecule has 0 saturated heterocycles. The lowest BCUT2D eigenvalue weighted by Crippen LogP contribution is -2.34. The lowest BCUT2D eigenvalue weighted by atomic mass is 10.1. The Morgan fingerprint density at radius 2 is 1.71 bits per heavy atom. The average molecular weight is 394 g/mol. The van der Waals surface area contributed by atoms with Gasteiger partial charge in [0.15, 0.2) is 0 Å². The quantitative estimate of drug-likeness (QED) is 0.531. The fourth-order valence-corrected chi connectivity index (χ4v) is 4.75. The first-order valence-electron chi connectivity index (χ1n) is 9.14. The second-order valence-corrected chi connectivity index (χ2v) is 9.21. The number of anilines is 1. The van der Waals surface area contributed by atoms with Crippen LogP contribution in [0.25, 0.3) is 21.7 Å². The molecule has 0 fully saturated rings. The van der Waals surface area contributed by atoms with Crippen molar-refractivity contribution in [3.8, 4) is 0 Å². The largest absolute Gasteiger partial charge is 0.341 e. The number of fused-ring (bicyclic) bond motifs is 2. The number of sulfonamides is 1. The van der Waals surface area contributed by atoms with Crippen LogP contribution in [-0.4, -0.2) is 19.5 Å². The molecule has 28 heavy (non-hydrogen) atoms. The van der Waals surface area contributed by atoms with E-state index in [0.29, 0.717) is 17.6 Å². The van der Waals surface area contributed by atoms with Gasteiger partial charge in [-0.05, 0) is 49.6 Å². The highest BCUT2D eigenvalue weighted by Gasteiger charge is 2.21. The Morgan fingerprint density at radius 3 is 2.50 bits per heavy atom. The number of rotatable bonds is 5. The number of aromatic nitrogens is 1. The van der Waals surface area contributed by atoms with Crippen LogP contribution in [0, 0.1) is 0 Å². The summed E-state index contributed by atoms with van der Waals surface area (Å²) in [5.41, 5.74) is 7.23. The summed E-state index contributed by atoms with van der Waals surface area (Å²) in [4.78, 5) is 0.271. The van der Waals surface area contributed by atoms with Crippen molar-refractivity contribution in [2.45, 2.75) is 24.3 Å². The van der Waals surface area contributed by atoms with E-state index in [4.69, 9.17) is 5.73 Å². The van der Waals surface area contributed by atoms with Gasteiger partial charge in [0, 0.05) is 34.7 Å². The molecule has 0 aliphatic carbocycles. The van der Waals surface area contributed by atoms with E-state index in [9.17, 15) is 8.42 Å². The van der Waals surface area contributed by atoms with Gasteiger partial charge in [-0.2, -0.15) is 0 Å². The van der Waals surface area contributed by atoms with Gasteiger partial charge >= 0.3 is 0 Å². The fourth-order valence-electron chi connectivity index (χ4n) is 3.47. The Kier molecular flexibility index (Phi) is 4.40. The van der Waals surface area contributed by atoms with Crippen molar-refractivity contribution < 1.29 is 8.42 Å². The third-order valence-electron chi connectivity index (χ3n) is 5.13. The molecule has 0 amide bonds. The SMILES string of the molecule is CC(C)(CN)n1ccc2cc(NS(=O)(=O)c3cccc4ccccc34)ccc21. The Hall–Kier alpha value is -2.83. The maximum atomic E-state index is 13.0. The second kappa shape index (κ2) is 6.65. The molecule has 4 aromatic rings. The number of hydrogen-bond acceptors (Lipinski definition) is 3. The molecule has 0 spiro atoms. The van der Waals surface area contributed by atoms with Crippen molar-refractivity contribution >= 4 is 37.4 Å². The number of benzene rings is 3. The van der Waals surface area contributed by atoms with Gasteiger partial charge in [0.25, 0.3) is 10.0 Å². The van der Waals surface area contributed by atoms with Gasteiger partial charge in [0.05, 0.1) is 10.4 Å². The third-order valence-corrected chi connectivity index (χ3v) is 6.57. The minimum atomic E-state index is -3.71. The molecular formula is C22H23N3O2S. The molecule has 0 radical (unpaired) electrons. The molecule has 144 valence electrons. The predicted molar refractivity (Wildman–Crippen MR) is 115 cm³/mol. The summed E-state index contributed by atoms with van der Waals surface area (Å²) < 4.78 is 30.9. The molecule has 0 saturated carbocycles. The first kappa shape index (κ1) is 18.5. The Labute approximate surface area is 164 Å². The summed E-state index contributed by atoms with van der Waals surface area (Å²) >= 11 is 0.